The topological polar surface area (TPSA) is 58.6 Å². The van der Waals surface area contributed by atoms with Gasteiger partial charge in [0.2, 0.25) is 5.91 Å². The smallest absolute Gasteiger partial charge is 0.237 e. The lowest BCUT2D eigenvalue weighted by molar-refractivity contribution is -0.150. The molecule has 2 atom stereocenters. The van der Waals surface area contributed by atoms with Crippen molar-refractivity contribution in [2.24, 2.45) is 0 Å². The van der Waals surface area contributed by atoms with E-state index in [0.717, 1.165) is 50.4 Å². The molecular formula is C18H26N4O2. The molecule has 130 valence electrons. The summed E-state index contributed by atoms with van der Waals surface area (Å²) >= 11 is 0. The van der Waals surface area contributed by atoms with E-state index >= 15 is 0 Å². The van der Waals surface area contributed by atoms with Gasteiger partial charge in [-0.3, -0.25) is 9.69 Å². The molecule has 2 fully saturated rings. The molecule has 0 radical (unpaired) electrons. The first-order valence-corrected chi connectivity index (χ1v) is 9.15. The third kappa shape index (κ3) is 3.17. The van der Waals surface area contributed by atoms with E-state index in [2.05, 4.69) is 19.8 Å². The molecule has 0 aromatic carbocycles. The maximum absolute atomic E-state index is 12.9. The van der Waals surface area contributed by atoms with Gasteiger partial charge in [-0.1, -0.05) is 12.8 Å². The summed E-state index contributed by atoms with van der Waals surface area (Å²) < 4.78 is 5.89. The Hall–Kier alpha value is -1.53. The number of nitrogens with zero attached hydrogens (tertiary/aromatic N) is 4. The Morgan fingerprint density at radius 1 is 1.33 bits per heavy atom. The Labute approximate surface area is 143 Å². The van der Waals surface area contributed by atoms with E-state index in [4.69, 9.17) is 4.74 Å². The second-order valence-electron chi connectivity index (χ2n) is 7.20. The van der Waals surface area contributed by atoms with Crippen molar-refractivity contribution in [2.75, 3.05) is 26.2 Å². The molecule has 6 heteroatoms. The summed E-state index contributed by atoms with van der Waals surface area (Å²) in [5, 5.41) is 0. The van der Waals surface area contributed by atoms with Crippen molar-refractivity contribution < 1.29 is 9.53 Å². The van der Waals surface area contributed by atoms with Crippen molar-refractivity contribution >= 4 is 5.91 Å². The van der Waals surface area contributed by atoms with Gasteiger partial charge in [0.25, 0.3) is 0 Å². The van der Waals surface area contributed by atoms with Crippen LogP contribution in [0, 0.1) is 6.92 Å². The van der Waals surface area contributed by atoms with Crippen LogP contribution < -0.4 is 0 Å². The average molecular weight is 330 g/mol. The number of amides is 1. The molecule has 0 bridgehead atoms. The lowest BCUT2D eigenvalue weighted by Crippen LogP contribution is -2.57. The standard InChI is InChI=1S/C18H26N4O2/c1-13-19-10-14-6-7-21(11-15(14)20-13)12-18(23)22-8-9-24-17-5-3-2-4-16(17)22/h10,16-17H,2-9,11-12H2,1H3. The fourth-order valence-electron chi connectivity index (χ4n) is 4.28. The fourth-order valence-corrected chi connectivity index (χ4v) is 4.28. The normalized spacial score (nSPS) is 27.5. The lowest BCUT2D eigenvalue weighted by atomic mass is 9.90. The maximum Gasteiger partial charge on any atom is 0.237 e. The zero-order chi connectivity index (χ0) is 16.5. The highest BCUT2D eigenvalue weighted by molar-refractivity contribution is 5.78. The Bertz CT molecular complexity index is 619. The van der Waals surface area contributed by atoms with Crippen molar-refractivity contribution in [3.05, 3.63) is 23.3 Å². The highest BCUT2D eigenvalue weighted by atomic mass is 16.5. The molecule has 0 spiro atoms. The van der Waals surface area contributed by atoms with Crippen molar-refractivity contribution in [1.82, 2.24) is 19.8 Å². The lowest BCUT2D eigenvalue weighted by Gasteiger charge is -2.44. The van der Waals surface area contributed by atoms with Gasteiger partial charge in [0.05, 0.1) is 31.0 Å². The summed E-state index contributed by atoms with van der Waals surface area (Å²) in [6.45, 7) is 5.49. The molecule has 6 nitrogen and oxygen atoms in total. The number of hydrogen-bond acceptors (Lipinski definition) is 5. The van der Waals surface area contributed by atoms with Gasteiger partial charge in [-0.05, 0) is 31.7 Å². The molecule has 2 unspecified atom stereocenters. The predicted octanol–water partition coefficient (Wildman–Crippen LogP) is 1.31. The molecule has 1 saturated carbocycles. The summed E-state index contributed by atoms with van der Waals surface area (Å²) in [4.78, 5) is 26.0. The Morgan fingerprint density at radius 3 is 3.12 bits per heavy atom. The first-order valence-electron chi connectivity index (χ1n) is 9.15. The van der Waals surface area contributed by atoms with Gasteiger partial charge in [0, 0.05) is 25.8 Å². The number of rotatable bonds is 2. The second-order valence-corrected chi connectivity index (χ2v) is 7.20. The first-order chi connectivity index (χ1) is 11.7. The van der Waals surface area contributed by atoms with Crippen LogP contribution in [0.3, 0.4) is 0 Å². The zero-order valence-electron chi connectivity index (χ0n) is 14.4. The molecule has 1 saturated heterocycles. The SMILES string of the molecule is Cc1ncc2c(n1)CN(CC(=O)N1CCOC3CCCCC31)CC2. The van der Waals surface area contributed by atoms with E-state index in [0.29, 0.717) is 19.2 Å². The second kappa shape index (κ2) is 6.76. The van der Waals surface area contributed by atoms with Gasteiger partial charge in [-0.25, -0.2) is 9.97 Å². The third-order valence-corrected chi connectivity index (χ3v) is 5.56. The minimum absolute atomic E-state index is 0.254. The Morgan fingerprint density at radius 2 is 2.21 bits per heavy atom. The quantitative estimate of drug-likeness (QED) is 0.818. The predicted molar refractivity (Wildman–Crippen MR) is 89.5 cm³/mol. The summed E-state index contributed by atoms with van der Waals surface area (Å²) in [6, 6.07) is 0.293. The summed E-state index contributed by atoms with van der Waals surface area (Å²) in [7, 11) is 0. The van der Waals surface area contributed by atoms with Gasteiger partial charge >= 0.3 is 0 Å². The molecule has 0 N–H and O–H groups in total. The van der Waals surface area contributed by atoms with Crippen molar-refractivity contribution in [3.8, 4) is 0 Å². The number of aromatic nitrogens is 2. The molecule has 3 aliphatic rings. The third-order valence-electron chi connectivity index (χ3n) is 5.56. The summed E-state index contributed by atoms with van der Waals surface area (Å²) in [5.41, 5.74) is 2.31. The molecular weight excluding hydrogens is 304 g/mol. The van der Waals surface area contributed by atoms with E-state index in [1.807, 2.05) is 13.1 Å². The van der Waals surface area contributed by atoms with E-state index in [9.17, 15) is 4.79 Å². The van der Waals surface area contributed by atoms with Crippen LogP contribution in [0.5, 0.6) is 0 Å². The number of hydrogen-bond donors (Lipinski definition) is 0. The van der Waals surface area contributed by atoms with Crippen LogP contribution in [0.4, 0.5) is 0 Å². The van der Waals surface area contributed by atoms with E-state index in [1.54, 1.807) is 0 Å². The van der Waals surface area contributed by atoms with Crippen LogP contribution in [-0.4, -0.2) is 64.1 Å². The largest absolute Gasteiger partial charge is 0.374 e. The van der Waals surface area contributed by atoms with E-state index in [1.165, 1.54) is 18.4 Å². The molecule has 1 amide bonds. The maximum atomic E-state index is 12.9. The number of aryl methyl sites for hydroxylation is 1. The van der Waals surface area contributed by atoms with Gasteiger partial charge in [-0.15, -0.1) is 0 Å². The van der Waals surface area contributed by atoms with Crippen LogP contribution >= 0.6 is 0 Å². The van der Waals surface area contributed by atoms with Crippen LogP contribution in [0.2, 0.25) is 0 Å². The number of carbonyl (C=O) groups excluding carboxylic acids is 1. The van der Waals surface area contributed by atoms with Crippen LogP contribution in [0.25, 0.3) is 0 Å². The first kappa shape index (κ1) is 16.0. The zero-order valence-corrected chi connectivity index (χ0v) is 14.4. The molecule has 1 aromatic heterocycles. The van der Waals surface area contributed by atoms with Gasteiger partial charge in [0.1, 0.15) is 5.82 Å². The summed E-state index contributed by atoms with van der Waals surface area (Å²) in [5.74, 6) is 1.06. The van der Waals surface area contributed by atoms with Crippen molar-refractivity contribution in [3.63, 3.8) is 0 Å². The molecule has 1 aliphatic carbocycles. The Kier molecular flexibility index (Phi) is 4.50. The number of morpholine rings is 1. The van der Waals surface area contributed by atoms with Crippen molar-refractivity contribution in [2.45, 2.75) is 57.7 Å². The fraction of sp³-hybridized carbons (Fsp3) is 0.722. The molecule has 2 aliphatic heterocycles. The molecule has 3 heterocycles. The number of carbonyl (C=O) groups is 1. The monoisotopic (exact) mass is 330 g/mol. The summed E-state index contributed by atoms with van der Waals surface area (Å²) in [6.07, 6.45) is 7.75. The Balaban J connectivity index is 1.41. The van der Waals surface area contributed by atoms with Crippen LogP contribution in [0.15, 0.2) is 6.20 Å². The van der Waals surface area contributed by atoms with E-state index in [-0.39, 0.29) is 12.0 Å². The van der Waals surface area contributed by atoms with Crippen molar-refractivity contribution in [1.29, 1.82) is 0 Å². The molecule has 24 heavy (non-hydrogen) atoms. The van der Waals surface area contributed by atoms with Gasteiger partial charge in [0.15, 0.2) is 0 Å². The molecule has 4 rings (SSSR count). The molecule has 1 aromatic rings. The van der Waals surface area contributed by atoms with Gasteiger partial charge in [-0.2, -0.15) is 0 Å². The minimum Gasteiger partial charge on any atom is -0.374 e. The van der Waals surface area contributed by atoms with Crippen LogP contribution in [0.1, 0.15) is 42.8 Å². The highest BCUT2D eigenvalue weighted by Crippen LogP contribution is 2.28. The number of ether oxygens (including phenoxy) is 1. The minimum atomic E-state index is 0.254. The average Bonchev–Trinajstić information content (AvgIpc) is 2.61. The van der Waals surface area contributed by atoms with Crippen LogP contribution in [-0.2, 0) is 22.5 Å². The number of fused-ring (bicyclic) bond motifs is 2. The van der Waals surface area contributed by atoms with E-state index < -0.39 is 0 Å². The highest BCUT2D eigenvalue weighted by Gasteiger charge is 2.37. The van der Waals surface area contributed by atoms with Gasteiger partial charge < -0.3 is 9.64 Å².